The fourth-order valence-corrected chi connectivity index (χ4v) is 4.56. The number of hydrogen-bond donors (Lipinski definition) is 0. The van der Waals surface area contributed by atoms with Gasteiger partial charge in [0, 0.05) is 12.2 Å². The van der Waals surface area contributed by atoms with E-state index in [0.717, 1.165) is 18.4 Å². The maximum atomic E-state index is 13.7. The molecule has 0 spiro atoms. The normalized spacial score (nSPS) is 16.2. The fraction of sp³-hybridized carbons (Fsp3) is 0.217. The molecule has 0 aliphatic carbocycles. The van der Waals surface area contributed by atoms with Gasteiger partial charge >= 0.3 is 0 Å². The molecule has 166 valence electrons. The fourth-order valence-electron chi connectivity index (χ4n) is 4.29. The van der Waals surface area contributed by atoms with E-state index in [4.69, 9.17) is 20.9 Å². The van der Waals surface area contributed by atoms with Crippen LogP contribution < -0.4 is 5.56 Å². The Labute approximate surface area is 191 Å². The zero-order valence-corrected chi connectivity index (χ0v) is 18.0. The van der Waals surface area contributed by atoms with Crippen molar-refractivity contribution in [1.82, 2.24) is 24.1 Å². The molecule has 1 atom stereocenters. The number of para-hydroxylation sites is 1. The Bertz CT molecular complexity index is 1550. The Hall–Kier alpha value is -3.56. The quantitative estimate of drug-likeness (QED) is 0.392. The maximum Gasteiger partial charge on any atom is 0.277 e. The van der Waals surface area contributed by atoms with Gasteiger partial charge in [0.05, 0.1) is 28.7 Å². The molecular weight excluding hydrogens is 449 g/mol. The van der Waals surface area contributed by atoms with E-state index in [1.807, 2.05) is 12.1 Å². The van der Waals surface area contributed by atoms with Gasteiger partial charge in [-0.1, -0.05) is 22.8 Å². The lowest BCUT2D eigenvalue weighted by atomic mass is 10.2. The SMILES string of the molecule is O=c1c2c(-c3noc(-c4ccc(F)cc4)n3)ncn2c2cccc(Cl)c2n1CC1CCCO1. The Morgan fingerprint density at radius 2 is 2.00 bits per heavy atom. The van der Waals surface area contributed by atoms with Crippen LogP contribution in [-0.4, -0.2) is 36.8 Å². The number of nitrogens with zero attached hydrogens (tertiary/aromatic N) is 5. The highest BCUT2D eigenvalue weighted by Gasteiger charge is 2.24. The second-order valence-electron chi connectivity index (χ2n) is 7.90. The minimum absolute atomic E-state index is 0.0637. The molecule has 1 aliphatic heterocycles. The number of rotatable bonds is 4. The molecule has 0 radical (unpaired) electrons. The second-order valence-corrected chi connectivity index (χ2v) is 8.31. The van der Waals surface area contributed by atoms with Crippen molar-refractivity contribution in [1.29, 1.82) is 0 Å². The molecular formula is C23H17ClFN5O3. The molecule has 10 heteroatoms. The molecule has 8 nitrogen and oxygen atoms in total. The Morgan fingerprint density at radius 3 is 2.79 bits per heavy atom. The summed E-state index contributed by atoms with van der Waals surface area (Å²) in [6, 6.07) is 11.2. The van der Waals surface area contributed by atoms with E-state index in [1.165, 1.54) is 12.1 Å². The van der Waals surface area contributed by atoms with E-state index in [1.54, 1.807) is 33.5 Å². The van der Waals surface area contributed by atoms with Gasteiger partial charge in [-0.25, -0.2) is 9.37 Å². The summed E-state index contributed by atoms with van der Waals surface area (Å²) in [5.74, 6) is 0.00421. The van der Waals surface area contributed by atoms with Gasteiger partial charge in [0.25, 0.3) is 11.4 Å². The van der Waals surface area contributed by atoms with E-state index >= 15 is 0 Å². The largest absolute Gasteiger partial charge is 0.376 e. The Morgan fingerprint density at radius 1 is 1.15 bits per heavy atom. The maximum absolute atomic E-state index is 13.7. The number of hydrogen-bond acceptors (Lipinski definition) is 6. The predicted molar refractivity (Wildman–Crippen MR) is 120 cm³/mol. The number of fused-ring (bicyclic) bond motifs is 3. The van der Waals surface area contributed by atoms with Gasteiger partial charge in [-0.2, -0.15) is 4.98 Å². The molecule has 0 N–H and O–H groups in total. The molecule has 33 heavy (non-hydrogen) atoms. The molecule has 5 aromatic rings. The van der Waals surface area contributed by atoms with Crippen LogP contribution in [0.4, 0.5) is 4.39 Å². The first-order chi connectivity index (χ1) is 16.1. The second kappa shape index (κ2) is 7.79. The average Bonchev–Trinajstić information content (AvgIpc) is 3.58. The van der Waals surface area contributed by atoms with Gasteiger partial charge in [-0.05, 0) is 49.2 Å². The van der Waals surface area contributed by atoms with Crippen molar-refractivity contribution in [3.8, 4) is 23.0 Å². The van der Waals surface area contributed by atoms with Crippen molar-refractivity contribution in [3.05, 3.63) is 70.0 Å². The smallest absolute Gasteiger partial charge is 0.277 e. The van der Waals surface area contributed by atoms with Crippen LogP contribution in [0.25, 0.3) is 39.5 Å². The topological polar surface area (TPSA) is 87.5 Å². The van der Waals surface area contributed by atoms with Crippen molar-refractivity contribution < 1.29 is 13.7 Å². The van der Waals surface area contributed by atoms with Crippen LogP contribution in [0.2, 0.25) is 5.02 Å². The van der Waals surface area contributed by atoms with Gasteiger partial charge in [0.1, 0.15) is 23.4 Å². The monoisotopic (exact) mass is 465 g/mol. The van der Waals surface area contributed by atoms with E-state index < -0.39 is 0 Å². The molecule has 1 saturated heterocycles. The third-order valence-electron chi connectivity index (χ3n) is 5.85. The van der Waals surface area contributed by atoms with Crippen molar-refractivity contribution in [3.63, 3.8) is 0 Å². The molecule has 3 aromatic heterocycles. The minimum Gasteiger partial charge on any atom is -0.376 e. The van der Waals surface area contributed by atoms with Crippen LogP contribution >= 0.6 is 11.6 Å². The number of imidazole rings is 1. The number of ether oxygens (including phenoxy) is 1. The third kappa shape index (κ3) is 3.32. The van der Waals surface area contributed by atoms with Gasteiger partial charge in [0.2, 0.25) is 5.82 Å². The molecule has 0 amide bonds. The van der Waals surface area contributed by atoms with Gasteiger partial charge < -0.3 is 13.8 Å². The predicted octanol–water partition coefficient (Wildman–Crippen LogP) is 4.34. The molecule has 0 saturated carbocycles. The van der Waals surface area contributed by atoms with Crippen molar-refractivity contribution in [2.75, 3.05) is 6.61 Å². The number of benzene rings is 2. The van der Waals surface area contributed by atoms with Crippen LogP contribution in [0.15, 0.2) is 58.1 Å². The number of halogens is 2. The van der Waals surface area contributed by atoms with Gasteiger partial charge in [-0.3, -0.25) is 9.20 Å². The zero-order valence-electron chi connectivity index (χ0n) is 17.2. The summed E-state index contributed by atoms with van der Waals surface area (Å²) < 4.78 is 27.7. The van der Waals surface area contributed by atoms with Crippen LogP contribution in [0.5, 0.6) is 0 Å². The molecule has 4 heterocycles. The average molecular weight is 466 g/mol. The number of aromatic nitrogens is 5. The summed E-state index contributed by atoms with van der Waals surface area (Å²) in [5.41, 5.74) is 2.25. The summed E-state index contributed by atoms with van der Waals surface area (Å²) in [7, 11) is 0. The van der Waals surface area contributed by atoms with Crippen LogP contribution in [0.1, 0.15) is 12.8 Å². The van der Waals surface area contributed by atoms with E-state index in [-0.39, 0.29) is 29.2 Å². The lowest BCUT2D eigenvalue weighted by molar-refractivity contribution is 0.0973. The molecule has 1 fully saturated rings. The Kier molecular flexibility index (Phi) is 4.74. The first kappa shape index (κ1) is 20.1. The Balaban J connectivity index is 1.55. The summed E-state index contributed by atoms with van der Waals surface area (Å²) in [5, 5.41) is 4.49. The molecule has 1 aliphatic rings. The summed E-state index contributed by atoms with van der Waals surface area (Å²) >= 11 is 6.53. The molecule has 0 bridgehead atoms. The van der Waals surface area contributed by atoms with Crippen molar-refractivity contribution >= 4 is 28.2 Å². The molecule has 6 rings (SSSR count). The van der Waals surface area contributed by atoms with Crippen molar-refractivity contribution in [2.45, 2.75) is 25.5 Å². The van der Waals surface area contributed by atoms with Crippen LogP contribution in [0, 0.1) is 5.82 Å². The third-order valence-corrected chi connectivity index (χ3v) is 6.15. The van der Waals surface area contributed by atoms with E-state index in [2.05, 4.69) is 15.1 Å². The molecule has 1 unspecified atom stereocenters. The highest BCUT2D eigenvalue weighted by atomic mass is 35.5. The zero-order chi connectivity index (χ0) is 22.5. The summed E-state index contributed by atoms with van der Waals surface area (Å²) in [6.07, 6.45) is 3.32. The standard InChI is InChI=1S/C23H17ClFN5O3/c24-16-4-1-5-17-19(16)29(11-15-3-2-10-32-15)23(31)20-18(26-12-30(17)20)21-27-22(33-28-21)13-6-8-14(25)9-7-13/h1,4-9,12,15H,2-3,10-11H2. The van der Waals surface area contributed by atoms with Crippen molar-refractivity contribution in [2.24, 2.45) is 0 Å². The lowest BCUT2D eigenvalue weighted by Gasteiger charge is -2.16. The highest BCUT2D eigenvalue weighted by molar-refractivity contribution is 6.35. The minimum atomic E-state index is -0.365. The summed E-state index contributed by atoms with van der Waals surface area (Å²) in [6.45, 7) is 1.06. The highest BCUT2D eigenvalue weighted by Crippen LogP contribution is 2.28. The molecule has 2 aromatic carbocycles. The lowest BCUT2D eigenvalue weighted by Crippen LogP contribution is -2.28. The van der Waals surface area contributed by atoms with Crippen LogP contribution in [-0.2, 0) is 11.3 Å². The van der Waals surface area contributed by atoms with Crippen LogP contribution in [0.3, 0.4) is 0 Å². The van der Waals surface area contributed by atoms with Gasteiger partial charge in [0.15, 0.2) is 0 Å². The van der Waals surface area contributed by atoms with Gasteiger partial charge in [-0.15, -0.1) is 0 Å². The summed E-state index contributed by atoms with van der Waals surface area (Å²) in [4.78, 5) is 22.5. The van der Waals surface area contributed by atoms with E-state index in [9.17, 15) is 9.18 Å². The van der Waals surface area contributed by atoms with E-state index in [0.29, 0.717) is 40.5 Å². The first-order valence-corrected chi connectivity index (χ1v) is 10.9. The first-order valence-electron chi connectivity index (χ1n) is 10.5.